The summed E-state index contributed by atoms with van der Waals surface area (Å²) in [7, 11) is 1.64. The first-order valence-corrected chi connectivity index (χ1v) is 5.42. The van der Waals surface area contributed by atoms with Crippen LogP contribution in [0.1, 0.15) is 19.3 Å². The third-order valence-electron chi connectivity index (χ3n) is 1.90. The summed E-state index contributed by atoms with van der Waals surface area (Å²) < 4.78 is 15.4. The molecule has 0 saturated carbocycles. The van der Waals surface area contributed by atoms with Crippen molar-refractivity contribution in [3.63, 3.8) is 0 Å². The van der Waals surface area contributed by atoms with Crippen molar-refractivity contribution < 1.29 is 19.4 Å². The van der Waals surface area contributed by atoms with Gasteiger partial charge in [0.05, 0.1) is 26.4 Å². The van der Waals surface area contributed by atoms with E-state index in [1.807, 2.05) is 0 Å². The highest BCUT2D eigenvalue weighted by atomic mass is 16.5. The topological polar surface area (TPSA) is 86.3 Å². The van der Waals surface area contributed by atoms with E-state index in [1.54, 1.807) is 7.11 Å². The SMILES string of the molecule is COCCOCCOCCCCC(N)=NO. The molecule has 0 aromatic heterocycles. The van der Waals surface area contributed by atoms with E-state index in [-0.39, 0.29) is 5.84 Å². The molecule has 0 heterocycles. The highest BCUT2D eigenvalue weighted by Crippen LogP contribution is 1.95. The van der Waals surface area contributed by atoms with Gasteiger partial charge in [0.1, 0.15) is 5.84 Å². The molecule has 0 saturated heterocycles. The third kappa shape index (κ3) is 11.2. The van der Waals surface area contributed by atoms with Gasteiger partial charge in [-0.15, -0.1) is 0 Å². The molecule has 0 aromatic rings. The van der Waals surface area contributed by atoms with Gasteiger partial charge < -0.3 is 25.2 Å². The fraction of sp³-hybridized carbons (Fsp3) is 0.900. The second-order valence-electron chi connectivity index (χ2n) is 3.27. The van der Waals surface area contributed by atoms with Gasteiger partial charge in [0.25, 0.3) is 0 Å². The molecule has 0 aliphatic rings. The van der Waals surface area contributed by atoms with Gasteiger partial charge in [-0.3, -0.25) is 0 Å². The van der Waals surface area contributed by atoms with Crippen molar-refractivity contribution in [1.82, 2.24) is 0 Å². The summed E-state index contributed by atoms with van der Waals surface area (Å²) in [5.41, 5.74) is 5.31. The molecule has 0 fully saturated rings. The molecule has 0 unspecified atom stereocenters. The molecule has 0 bridgehead atoms. The maximum absolute atomic E-state index is 8.28. The molecule has 0 rings (SSSR count). The standard InChI is InChI=1S/C10H22N2O4/c1-14-6-7-16-9-8-15-5-3-2-4-10(11)12-13/h13H,2-9H2,1H3,(H2,11,12). The number of nitrogens with two attached hydrogens (primary N) is 1. The van der Waals surface area contributed by atoms with Gasteiger partial charge >= 0.3 is 0 Å². The minimum atomic E-state index is 0.267. The minimum absolute atomic E-state index is 0.267. The molecular formula is C10H22N2O4. The molecule has 0 spiro atoms. The first-order chi connectivity index (χ1) is 7.81. The van der Waals surface area contributed by atoms with Crippen LogP contribution in [0.4, 0.5) is 0 Å². The van der Waals surface area contributed by atoms with Gasteiger partial charge in [-0.2, -0.15) is 0 Å². The number of methoxy groups -OCH3 is 1. The predicted octanol–water partition coefficient (Wildman–Crippen LogP) is 0.583. The Labute approximate surface area is 96.3 Å². The van der Waals surface area contributed by atoms with Crippen LogP contribution in [0, 0.1) is 0 Å². The van der Waals surface area contributed by atoms with E-state index in [0.717, 1.165) is 12.8 Å². The number of ether oxygens (including phenoxy) is 3. The molecule has 0 aliphatic heterocycles. The van der Waals surface area contributed by atoms with Gasteiger partial charge in [0, 0.05) is 20.1 Å². The number of hydrogen-bond donors (Lipinski definition) is 2. The van der Waals surface area contributed by atoms with E-state index in [0.29, 0.717) is 39.5 Å². The Morgan fingerprint density at radius 3 is 2.31 bits per heavy atom. The summed E-state index contributed by atoms with van der Waals surface area (Å²) in [5.74, 6) is 0.267. The van der Waals surface area contributed by atoms with Crippen LogP contribution in [-0.4, -0.2) is 51.2 Å². The Hall–Kier alpha value is -0.850. The summed E-state index contributed by atoms with van der Waals surface area (Å²) in [4.78, 5) is 0. The Balaban J connectivity index is 2.99. The van der Waals surface area contributed by atoms with Crippen LogP contribution >= 0.6 is 0 Å². The van der Waals surface area contributed by atoms with Gasteiger partial charge in [0.2, 0.25) is 0 Å². The van der Waals surface area contributed by atoms with E-state index in [1.165, 1.54) is 0 Å². The Bertz CT molecular complexity index is 176. The van der Waals surface area contributed by atoms with Crippen LogP contribution < -0.4 is 5.73 Å². The van der Waals surface area contributed by atoms with Crippen LogP contribution in [0.2, 0.25) is 0 Å². The number of nitrogens with zero attached hydrogens (tertiary/aromatic N) is 1. The monoisotopic (exact) mass is 234 g/mol. The zero-order valence-electron chi connectivity index (χ0n) is 9.85. The van der Waals surface area contributed by atoms with Crippen LogP contribution in [-0.2, 0) is 14.2 Å². The predicted molar refractivity (Wildman–Crippen MR) is 60.8 cm³/mol. The largest absolute Gasteiger partial charge is 0.409 e. The average molecular weight is 234 g/mol. The van der Waals surface area contributed by atoms with E-state index < -0.39 is 0 Å². The van der Waals surface area contributed by atoms with Gasteiger partial charge in [-0.25, -0.2) is 0 Å². The van der Waals surface area contributed by atoms with Crippen molar-refractivity contribution in [2.45, 2.75) is 19.3 Å². The fourth-order valence-corrected chi connectivity index (χ4v) is 1.02. The first-order valence-electron chi connectivity index (χ1n) is 5.42. The smallest absolute Gasteiger partial charge is 0.139 e. The van der Waals surface area contributed by atoms with Crippen LogP contribution in [0.5, 0.6) is 0 Å². The fourth-order valence-electron chi connectivity index (χ4n) is 1.02. The molecule has 0 aliphatic carbocycles. The summed E-state index contributed by atoms with van der Waals surface area (Å²) in [5, 5.41) is 11.2. The zero-order chi connectivity index (χ0) is 12.1. The van der Waals surface area contributed by atoms with Gasteiger partial charge in [-0.05, 0) is 12.8 Å². The summed E-state index contributed by atoms with van der Waals surface area (Å²) in [6, 6.07) is 0. The van der Waals surface area contributed by atoms with Crippen molar-refractivity contribution >= 4 is 5.84 Å². The lowest BCUT2D eigenvalue weighted by Crippen LogP contribution is -2.12. The Morgan fingerprint density at radius 2 is 1.69 bits per heavy atom. The van der Waals surface area contributed by atoms with Crippen molar-refractivity contribution in [2.75, 3.05) is 40.1 Å². The maximum atomic E-state index is 8.28. The molecule has 0 atom stereocenters. The van der Waals surface area contributed by atoms with E-state index in [2.05, 4.69) is 5.16 Å². The molecule has 6 heteroatoms. The third-order valence-corrected chi connectivity index (χ3v) is 1.90. The quantitative estimate of drug-likeness (QED) is 0.179. The van der Waals surface area contributed by atoms with Crippen molar-refractivity contribution in [3.8, 4) is 0 Å². The maximum Gasteiger partial charge on any atom is 0.139 e. The van der Waals surface area contributed by atoms with Crippen molar-refractivity contribution in [3.05, 3.63) is 0 Å². The van der Waals surface area contributed by atoms with Crippen molar-refractivity contribution in [1.29, 1.82) is 0 Å². The number of amidine groups is 1. The molecule has 0 amide bonds. The lowest BCUT2D eigenvalue weighted by Gasteiger charge is -2.05. The Morgan fingerprint density at radius 1 is 1.06 bits per heavy atom. The van der Waals surface area contributed by atoms with E-state index in [9.17, 15) is 0 Å². The first kappa shape index (κ1) is 15.2. The summed E-state index contributed by atoms with van der Waals surface area (Å²) in [6.45, 7) is 3.06. The van der Waals surface area contributed by atoms with E-state index >= 15 is 0 Å². The highest BCUT2D eigenvalue weighted by molar-refractivity contribution is 5.79. The molecule has 0 aromatic carbocycles. The molecular weight excluding hydrogens is 212 g/mol. The minimum Gasteiger partial charge on any atom is -0.409 e. The second-order valence-corrected chi connectivity index (χ2v) is 3.27. The van der Waals surface area contributed by atoms with Crippen molar-refractivity contribution in [2.24, 2.45) is 10.9 Å². The normalized spacial score (nSPS) is 11.9. The van der Waals surface area contributed by atoms with Crippen LogP contribution in [0.15, 0.2) is 5.16 Å². The number of oxime groups is 1. The molecule has 3 N–H and O–H groups in total. The van der Waals surface area contributed by atoms with Crippen LogP contribution in [0.3, 0.4) is 0 Å². The van der Waals surface area contributed by atoms with Gasteiger partial charge in [0.15, 0.2) is 0 Å². The average Bonchev–Trinajstić information content (AvgIpc) is 2.31. The second kappa shape index (κ2) is 12.2. The number of rotatable bonds is 11. The molecule has 16 heavy (non-hydrogen) atoms. The Kier molecular flexibility index (Phi) is 11.6. The lowest BCUT2D eigenvalue weighted by molar-refractivity contribution is 0.0241. The summed E-state index contributed by atoms with van der Waals surface area (Å²) in [6.07, 6.45) is 2.36. The summed E-state index contributed by atoms with van der Waals surface area (Å²) >= 11 is 0. The molecule has 6 nitrogen and oxygen atoms in total. The molecule has 96 valence electrons. The van der Waals surface area contributed by atoms with Gasteiger partial charge in [-0.1, -0.05) is 5.16 Å². The number of unbranched alkanes of at least 4 members (excludes halogenated alkanes) is 1. The van der Waals surface area contributed by atoms with Crippen LogP contribution in [0.25, 0.3) is 0 Å². The van der Waals surface area contributed by atoms with E-state index in [4.69, 9.17) is 25.2 Å². The molecule has 0 radical (unpaired) electrons. The zero-order valence-corrected chi connectivity index (χ0v) is 9.85. The number of hydrogen-bond acceptors (Lipinski definition) is 5. The lowest BCUT2D eigenvalue weighted by atomic mass is 10.2. The highest BCUT2D eigenvalue weighted by Gasteiger charge is 1.94.